The molecule has 1 aromatic heterocycles. The second kappa shape index (κ2) is 5.85. The summed E-state index contributed by atoms with van der Waals surface area (Å²) in [7, 11) is 1.34. The maximum Gasteiger partial charge on any atom is 0.372 e. The zero-order valence-corrected chi connectivity index (χ0v) is 11.6. The quantitative estimate of drug-likeness (QED) is 0.625. The van der Waals surface area contributed by atoms with Crippen molar-refractivity contribution in [3.05, 3.63) is 16.4 Å². The molecule has 0 aromatic carbocycles. The van der Waals surface area contributed by atoms with E-state index in [2.05, 4.69) is 15.3 Å². The maximum absolute atomic E-state index is 11.0. The molecule has 0 fully saturated rings. The average molecular weight is 272 g/mol. The van der Waals surface area contributed by atoms with Crippen LogP contribution in [0.15, 0.2) is 6.33 Å². The Morgan fingerprint density at radius 1 is 1.56 bits per heavy atom. The molecule has 8 heteroatoms. The third-order valence-corrected chi connectivity index (χ3v) is 3.65. The second-order valence-corrected chi connectivity index (χ2v) is 5.67. The Balaban J connectivity index is 2.99. The highest BCUT2D eigenvalue weighted by Crippen LogP contribution is 2.31. The van der Waals surface area contributed by atoms with E-state index in [9.17, 15) is 10.1 Å². The van der Waals surface area contributed by atoms with Gasteiger partial charge < -0.3 is 10.1 Å². The monoisotopic (exact) mass is 272 g/mol. The lowest BCUT2D eigenvalue weighted by molar-refractivity contribution is -0.385. The molecule has 0 bridgehead atoms. The van der Waals surface area contributed by atoms with Crippen molar-refractivity contribution >= 4 is 23.3 Å². The van der Waals surface area contributed by atoms with Gasteiger partial charge in [0.15, 0.2) is 0 Å². The number of nitro groups is 1. The van der Waals surface area contributed by atoms with Gasteiger partial charge in [-0.25, -0.2) is 4.98 Å². The predicted molar refractivity (Wildman–Crippen MR) is 71.3 cm³/mol. The van der Waals surface area contributed by atoms with Crippen LogP contribution in [0.25, 0.3) is 0 Å². The zero-order valence-electron chi connectivity index (χ0n) is 10.8. The molecule has 0 radical (unpaired) electrons. The Labute approximate surface area is 109 Å². The van der Waals surface area contributed by atoms with Gasteiger partial charge in [-0.1, -0.05) is 0 Å². The van der Waals surface area contributed by atoms with Gasteiger partial charge in [0.2, 0.25) is 5.82 Å². The Kier molecular flexibility index (Phi) is 4.71. The van der Waals surface area contributed by atoms with Crippen LogP contribution in [0.1, 0.15) is 13.8 Å². The van der Waals surface area contributed by atoms with Crippen molar-refractivity contribution in [2.45, 2.75) is 18.6 Å². The van der Waals surface area contributed by atoms with E-state index >= 15 is 0 Å². The molecule has 0 saturated heterocycles. The first kappa shape index (κ1) is 14.5. The van der Waals surface area contributed by atoms with E-state index in [-0.39, 0.29) is 22.1 Å². The smallest absolute Gasteiger partial charge is 0.372 e. The lowest BCUT2D eigenvalue weighted by atomic mass is 10.2. The molecule has 0 atom stereocenters. The summed E-state index contributed by atoms with van der Waals surface area (Å²) in [4.78, 5) is 18.1. The maximum atomic E-state index is 11.0. The van der Waals surface area contributed by atoms with Gasteiger partial charge in [0.25, 0.3) is 5.88 Å². The van der Waals surface area contributed by atoms with Crippen molar-refractivity contribution in [2.24, 2.45) is 0 Å². The molecule has 1 aromatic rings. The summed E-state index contributed by atoms with van der Waals surface area (Å²) in [5, 5.41) is 14.0. The summed E-state index contributed by atoms with van der Waals surface area (Å²) < 4.78 is 4.82. The van der Waals surface area contributed by atoms with Crippen molar-refractivity contribution in [3.63, 3.8) is 0 Å². The van der Waals surface area contributed by atoms with E-state index in [1.807, 2.05) is 20.1 Å². The number of thioether (sulfide) groups is 1. The Morgan fingerprint density at radius 2 is 2.22 bits per heavy atom. The van der Waals surface area contributed by atoms with Crippen molar-refractivity contribution in [1.82, 2.24) is 9.97 Å². The van der Waals surface area contributed by atoms with Crippen LogP contribution in [-0.4, -0.2) is 39.5 Å². The standard InChI is InChI=1S/C10H16N4O3S/c1-10(2,18-4)5-11-8-7(14(15)16)9(17-3)13-6-12-8/h6H,5H2,1-4H3,(H,11,12,13). The third-order valence-electron chi connectivity index (χ3n) is 2.40. The molecule has 1 N–H and O–H groups in total. The number of anilines is 1. The first-order valence-electron chi connectivity index (χ1n) is 5.23. The number of nitrogens with one attached hydrogen (secondary N) is 1. The van der Waals surface area contributed by atoms with E-state index in [1.165, 1.54) is 13.4 Å². The Bertz CT molecular complexity index is 439. The van der Waals surface area contributed by atoms with Crippen LogP contribution in [0.2, 0.25) is 0 Å². The van der Waals surface area contributed by atoms with Gasteiger partial charge in [-0.2, -0.15) is 16.7 Å². The molecule has 0 unspecified atom stereocenters. The summed E-state index contributed by atoms with van der Waals surface area (Å²) in [5.74, 6) is 0.133. The number of aromatic nitrogens is 2. The molecule has 0 aliphatic rings. The topological polar surface area (TPSA) is 90.2 Å². The summed E-state index contributed by atoms with van der Waals surface area (Å²) in [6, 6.07) is 0. The van der Waals surface area contributed by atoms with Crippen LogP contribution < -0.4 is 10.1 Å². The van der Waals surface area contributed by atoms with Crippen molar-refractivity contribution in [2.75, 3.05) is 25.2 Å². The fourth-order valence-corrected chi connectivity index (χ4v) is 1.39. The van der Waals surface area contributed by atoms with Crippen molar-refractivity contribution < 1.29 is 9.66 Å². The number of rotatable bonds is 6. The minimum Gasteiger partial charge on any atom is -0.476 e. The molecule has 0 aliphatic carbocycles. The first-order chi connectivity index (χ1) is 8.41. The Morgan fingerprint density at radius 3 is 2.72 bits per heavy atom. The highest BCUT2D eigenvalue weighted by molar-refractivity contribution is 7.99. The molecule has 0 amide bonds. The largest absolute Gasteiger partial charge is 0.476 e. The second-order valence-electron chi connectivity index (χ2n) is 4.15. The van der Waals surface area contributed by atoms with Crippen LogP contribution in [0.3, 0.4) is 0 Å². The number of ether oxygens (including phenoxy) is 1. The fraction of sp³-hybridized carbons (Fsp3) is 0.600. The predicted octanol–water partition coefficient (Wildman–Crippen LogP) is 1.95. The molecule has 1 heterocycles. The summed E-state index contributed by atoms with van der Waals surface area (Å²) in [6.45, 7) is 4.62. The molecule has 7 nitrogen and oxygen atoms in total. The number of nitrogens with zero attached hydrogens (tertiary/aromatic N) is 3. The molecule has 0 aliphatic heterocycles. The molecular formula is C10H16N4O3S. The van der Waals surface area contributed by atoms with Crippen LogP contribution >= 0.6 is 11.8 Å². The van der Waals surface area contributed by atoms with Gasteiger partial charge >= 0.3 is 5.69 Å². The molecule has 18 heavy (non-hydrogen) atoms. The summed E-state index contributed by atoms with van der Waals surface area (Å²) in [5.41, 5.74) is -0.239. The highest BCUT2D eigenvalue weighted by atomic mass is 32.2. The third kappa shape index (κ3) is 3.46. The normalized spacial score (nSPS) is 11.1. The van der Waals surface area contributed by atoms with Gasteiger partial charge in [-0.05, 0) is 20.1 Å². The number of hydrogen-bond donors (Lipinski definition) is 1. The van der Waals surface area contributed by atoms with Crippen LogP contribution in [0.5, 0.6) is 5.88 Å². The lowest BCUT2D eigenvalue weighted by Gasteiger charge is -2.22. The van der Waals surface area contributed by atoms with Gasteiger partial charge in [-0.3, -0.25) is 10.1 Å². The minimum absolute atomic E-state index is 0.0422. The van der Waals surface area contributed by atoms with E-state index in [1.54, 1.807) is 11.8 Å². The molecule has 0 spiro atoms. The number of methoxy groups -OCH3 is 1. The zero-order chi connectivity index (χ0) is 13.8. The van der Waals surface area contributed by atoms with Crippen LogP contribution in [-0.2, 0) is 0 Å². The highest BCUT2D eigenvalue weighted by Gasteiger charge is 2.25. The van der Waals surface area contributed by atoms with Crippen LogP contribution in [0, 0.1) is 10.1 Å². The first-order valence-corrected chi connectivity index (χ1v) is 6.46. The number of hydrogen-bond acceptors (Lipinski definition) is 7. The van der Waals surface area contributed by atoms with E-state index in [0.29, 0.717) is 6.54 Å². The van der Waals surface area contributed by atoms with Crippen molar-refractivity contribution in [3.8, 4) is 5.88 Å². The molecule has 0 saturated carbocycles. The van der Waals surface area contributed by atoms with Crippen molar-refractivity contribution in [1.29, 1.82) is 0 Å². The van der Waals surface area contributed by atoms with E-state index < -0.39 is 4.92 Å². The fourth-order valence-electron chi connectivity index (χ4n) is 1.17. The molecule has 100 valence electrons. The van der Waals surface area contributed by atoms with Gasteiger partial charge in [0.1, 0.15) is 6.33 Å². The van der Waals surface area contributed by atoms with Gasteiger partial charge in [0, 0.05) is 11.3 Å². The van der Waals surface area contributed by atoms with E-state index in [4.69, 9.17) is 4.74 Å². The minimum atomic E-state index is -0.548. The summed E-state index contributed by atoms with van der Waals surface area (Å²) >= 11 is 1.66. The molecule has 1 rings (SSSR count). The SMILES string of the molecule is COc1ncnc(NCC(C)(C)SC)c1[N+](=O)[O-]. The van der Waals surface area contributed by atoms with Crippen LogP contribution in [0.4, 0.5) is 11.5 Å². The average Bonchev–Trinajstić information content (AvgIpc) is 2.35. The lowest BCUT2D eigenvalue weighted by Crippen LogP contribution is -2.26. The van der Waals surface area contributed by atoms with Gasteiger partial charge in [0.05, 0.1) is 12.0 Å². The Hall–Kier alpha value is -1.57. The molecular weight excluding hydrogens is 256 g/mol. The summed E-state index contributed by atoms with van der Waals surface area (Å²) in [6.07, 6.45) is 3.22. The van der Waals surface area contributed by atoms with E-state index in [0.717, 1.165) is 0 Å². The van der Waals surface area contributed by atoms with Gasteiger partial charge in [-0.15, -0.1) is 0 Å².